The van der Waals surface area contributed by atoms with Crippen LogP contribution in [0.1, 0.15) is 418 Å². The van der Waals surface area contributed by atoms with Crippen LogP contribution in [0.25, 0.3) is 0 Å². The summed E-state index contributed by atoms with van der Waals surface area (Å²) in [6, 6.07) is -0.625. The number of aliphatic hydroxyl groups excluding tert-OH is 2. The van der Waals surface area contributed by atoms with E-state index in [1.165, 1.54) is 353 Å². The number of amides is 1. The molecular formula is C75H145NO5. The van der Waals surface area contributed by atoms with Gasteiger partial charge < -0.3 is 20.3 Å². The average molecular weight is 1140 g/mol. The van der Waals surface area contributed by atoms with Gasteiger partial charge in [-0.1, -0.05) is 372 Å². The molecule has 0 fully saturated rings. The number of unbranched alkanes of at least 4 members (excludes halogenated alkanes) is 57. The molecule has 0 aliphatic heterocycles. The monoisotopic (exact) mass is 1140 g/mol. The van der Waals surface area contributed by atoms with Crippen LogP contribution in [0.4, 0.5) is 0 Å². The molecule has 81 heavy (non-hydrogen) atoms. The maximum absolute atomic E-state index is 12.5. The Morgan fingerprint density at radius 1 is 0.333 bits per heavy atom. The van der Waals surface area contributed by atoms with E-state index in [0.29, 0.717) is 19.4 Å². The van der Waals surface area contributed by atoms with Gasteiger partial charge in [0, 0.05) is 12.8 Å². The molecule has 0 aromatic rings. The minimum Gasteiger partial charge on any atom is -0.466 e. The van der Waals surface area contributed by atoms with Crippen molar-refractivity contribution in [2.75, 3.05) is 13.2 Å². The van der Waals surface area contributed by atoms with Crippen molar-refractivity contribution in [2.24, 2.45) is 0 Å². The van der Waals surface area contributed by atoms with Crippen molar-refractivity contribution in [2.45, 2.75) is 431 Å². The van der Waals surface area contributed by atoms with Gasteiger partial charge >= 0.3 is 5.97 Å². The van der Waals surface area contributed by atoms with Gasteiger partial charge in [-0.05, 0) is 57.8 Å². The minimum absolute atomic E-state index is 0.0213. The topological polar surface area (TPSA) is 95.9 Å². The Bertz CT molecular complexity index is 1270. The summed E-state index contributed by atoms with van der Waals surface area (Å²) in [5.74, 6) is -0.0396. The summed E-state index contributed by atoms with van der Waals surface area (Å²) < 4.78 is 5.49. The number of esters is 1. The lowest BCUT2D eigenvalue weighted by Crippen LogP contribution is -2.45. The molecule has 0 aliphatic carbocycles. The van der Waals surface area contributed by atoms with Crippen LogP contribution in [0.15, 0.2) is 24.3 Å². The number of aliphatic hydroxyl groups is 2. The first-order valence-electron chi connectivity index (χ1n) is 37.1. The van der Waals surface area contributed by atoms with E-state index >= 15 is 0 Å². The summed E-state index contributed by atoms with van der Waals surface area (Å²) in [5, 5.41) is 23.2. The number of ether oxygens (including phenoxy) is 1. The molecule has 0 radical (unpaired) electrons. The lowest BCUT2D eigenvalue weighted by Gasteiger charge is -2.20. The fourth-order valence-corrected chi connectivity index (χ4v) is 11.8. The molecule has 0 heterocycles. The Labute approximate surface area is 507 Å². The maximum Gasteiger partial charge on any atom is 0.305 e. The van der Waals surface area contributed by atoms with Gasteiger partial charge in [-0.15, -0.1) is 0 Å². The molecule has 0 aliphatic rings. The van der Waals surface area contributed by atoms with E-state index < -0.39 is 12.1 Å². The molecule has 6 nitrogen and oxygen atoms in total. The molecule has 1 amide bonds. The van der Waals surface area contributed by atoms with Crippen molar-refractivity contribution in [3.05, 3.63) is 24.3 Å². The molecule has 3 N–H and O–H groups in total. The van der Waals surface area contributed by atoms with Gasteiger partial charge in [0.2, 0.25) is 5.91 Å². The minimum atomic E-state index is -0.842. The van der Waals surface area contributed by atoms with Gasteiger partial charge in [0.15, 0.2) is 0 Å². The molecule has 0 bridgehead atoms. The fourth-order valence-electron chi connectivity index (χ4n) is 11.8. The zero-order chi connectivity index (χ0) is 58.5. The third-order valence-electron chi connectivity index (χ3n) is 17.5. The second-order valence-corrected chi connectivity index (χ2v) is 25.6. The van der Waals surface area contributed by atoms with Gasteiger partial charge in [0.1, 0.15) is 0 Å². The van der Waals surface area contributed by atoms with E-state index in [-0.39, 0.29) is 18.5 Å². The van der Waals surface area contributed by atoms with Crippen LogP contribution in [0, 0.1) is 0 Å². The third kappa shape index (κ3) is 67.3. The number of nitrogens with one attached hydrogen (secondary N) is 1. The number of rotatable bonds is 70. The molecule has 2 unspecified atom stereocenters. The van der Waals surface area contributed by atoms with Gasteiger partial charge in [-0.2, -0.15) is 0 Å². The van der Waals surface area contributed by atoms with E-state index in [0.717, 1.165) is 38.5 Å². The Morgan fingerprint density at radius 3 is 0.877 bits per heavy atom. The zero-order valence-corrected chi connectivity index (χ0v) is 55.0. The summed E-state index contributed by atoms with van der Waals surface area (Å²) in [4.78, 5) is 24.5. The summed E-state index contributed by atoms with van der Waals surface area (Å²) >= 11 is 0. The Balaban J connectivity index is 3.35. The maximum atomic E-state index is 12.5. The van der Waals surface area contributed by atoms with Crippen molar-refractivity contribution < 1.29 is 24.5 Å². The summed E-state index contributed by atoms with van der Waals surface area (Å²) in [7, 11) is 0. The second kappa shape index (κ2) is 70.8. The van der Waals surface area contributed by atoms with Crippen LogP contribution in [-0.4, -0.2) is 47.4 Å². The highest BCUT2D eigenvalue weighted by molar-refractivity contribution is 5.76. The van der Waals surface area contributed by atoms with Crippen molar-refractivity contribution in [1.82, 2.24) is 5.32 Å². The smallest absolute Gasteiger partial charge is 0.305 e. The van der Waals surface area contributed by atoms with Crippen molar-refractivity contribution >= 4 is 11.9 Å². The van der Waals surface area contributed by atoms with Crippen molar-refractivity contribution in [3.8, 4) is 0 Å². The lowest BCUT2D eigenvalue weighted by atomic mass is 10.0. The van der Waals surface area contributed by atoms with Gasteiger partial charge in [0.05, 0.1) is 25.4 Å². The number of hydrogen-bond donors (Lipinski definition) is 3. The second-order valence-electron chi connectivity index (χ2n) is 25.6. The van der Waals surface area contributed by atoms with Crippen LogP contribution in [0.5, 0.6) is 0 Å². The van der Waals surface area contributed by atoms with Crippen LogP contribution in [-0.2, 0) is 14.3 Å². The number of carbonyl (C=O) groups is 2. The van der Waals surface area contributed by atoms with Crippen LogP contribution >= 0.6 is 0 Å². The van der Waals surface area contributed by atoms with E-state index in [2.05, 4.69) is 31.3 Å². The first kappa shape index (κ1) is 79.3. The highest BCUT2D eigenvalue weighted by Gasteiger charge is 2.18. The highest BCUT2D eigenvalue weighted by Crippen LogP contribution is 2.19. The first-order chi connectivity index (χ1) is 40.0. The first-order valence-corrected chi connectivity index (χ1v) is 37.1. The molecular weight excluding hydrogens is 995 g/mol. The van der Waals surface area contributed by atoms with Crippen molar-refractivity contribution in [3.63, 3.8) is 0 Å². The Morgan fingerprint density at radius 2 is 0.580 bits per heavy atom. The highest BCUT2D eigenvalue weighted by atomic mass is 16.5. The quantitative estimate of drug-likeness (QED) is 0.0320. The number of carbonyl (C=O) groups excluding carboxylic acids is 2. The Kier molecular flexibility index (Phi) is 69.4. The molecule has 2 atom stereocenters. The predicted molar refractivity (Wildman–Crippen MR) is 356 cm³/mol. The van der Waals surface area contributed by atoms with Crippen LogP contribution < -0.4 is 5.32 Å². The molecule has 0 rings (SSSR count). The Hall–Kier alpha value is -1.66. The molecule has 6 heteroatoms. The summed E-state index contributed by atoms with van der Waals surface area (Å²) in [5.41, 5.74) is 0. The molecule has 480 valence electrons. The van der Waals surface area contributed by atoms with E-state index in [1.807, 2.05) is 6.08 Å². The van der Waals surface area contributed by atoms with E-state index in [1.54, 1.807) is 6.08 Å². The average Bonchev–Trinajstić information content (AvgIpc) is 3.47. The van der Waals surface area contributed by atoms with Crippen LogP contribution in [0.3, 0.4) is 0 Å². The SMILES string of the molecule is CCCCCCCCCCCCCCCCC/C=C/C(O)C(CO)NC(=O)CCCCCCCCCCCCCCCCCCC/C=C\CCCCCCCCCCCCCCCCOC(=O)CCCCCCCCCCCCCC. The molecule has 0 aromatic carbocycles. The molecule has 0 spiro atoms. The number of hydrogen-bond acceptors (Lipinski definition) is 5. The summed E-state index contributed by atoms with van der Waals surface area (Å²) in [6.45, 7) is 4.94. The molecule has 0 saturated heterocycles. The zero-order valence-electron chi connectivity index (χ0n) is 55.0. The van der Waals surface area contributed by atoms with Gasteiger partial charge in [-0.3, -0.25) is 9.59 Å². The number of allylic oxidation sites excluding steroid dienone is 3. The predicted octanol–water partition coefficient (Wildman–Crippen LogP) is 24.1. The lowest BCUT2D eigenvalue weighted by molar-refractivity contribution is -0.143. The fraction of sp³-hybridized carbons (Fsp3) is 0.920. The normalized spacial score (nSPS) is 12.6. The van der Waals surface area contributed by atoms with Gasteiger partial charge in [-0.25, -0.2) is 0 Å². The third-order valence-corrected chi connectivity index (χ3v) is 17.5. The largest absolute Gasteiger partial charge is 0.466 e. The van der Waals surface area contributed by atoms with E-state index in [4.69, 9.17) is 4.74 Å². The molecule has 0 aromatic heterocycles. The van der Waals surface area contributed by atoms with Crippen molar-refractivity contribution in [1.29, 1.82) is 0 Å². The summed E-state index contributed by atoms with van der Waals surface area (Å²) in [6.07, 6.45) is 90.0. The van der Waals surface area contributed by atoms with Gasteiger partial charge in [0.25, 0.3) is 0 Å². The standard InChI is InChI=1S/C75H145NO5/c1-3-5-7-9-11-13-15-17-18-38-41-44-47-51-55-59-63-67-73(78)72(71-77)76-74(79)68-64-60-56-52-48-45-42-39-36-34-32-30-28-26-24-22-20-19-21-23-25-27-29-31-33-35-37-40-43-46-50-54-58-62-66-70-81-75(80)69-65-61-57-53-49-16-14-12-10-8-6-4-2/h21,23,63,67,72-73,77-78H,3-20,22,24-62,64-66,68-71H2,1-2H3,(H,76,79)/b23-21-,67-63+. The van der Waals surface area contributed by atoms with Crippen LogP contribution in [0.2, 0.25) is 0 Å². The molecule has 0 saturated carbocycles. The van der Waals surface area contributed by atoms with E-state index in [9.17, 15) is 19.8 Å².